The zero-order valence-corrected chi connectivity index (χ0v) is 9.91. The number of hydrogen-bond acceptors (Lipinski definition) is 4. The van der Waals surface area contributed by atoms with E-state index in [1.165, 1.54) is 7.11 Å². The Balaban J connectivity index is 2.50. The number of nitrogens with one attached hydrogen (secondary N) is 1. The number of methoxy groups -OCH3 is 1. The Kier molecular flexibility index (Phi) is 2.85. The average molecular weight is 223 g/mol. The largest absolute Gasteiger partial charge is 0.464 e. The van der Waals surface area contributed by atoms with Crippen LogP contribution in [0.5, 0.6) is 0 Å². The first-order chi connectivity index (χ1) is 7.65. The summed E-state index contributed by atoms with van der Waals surface area (Å²) in [5.74, 6) is 1.69. The van der Waals surface area contributed by atoms with Crippen molar-refractivity contribution in [1.82, 2.24) is 9.55 Å². The fourth-order valence-corrected chi connectivity index (χ4v) is 2.00. The Morgan fingerprint density at radius 1 is 1.56 bits per heavy atom. The number of fused-ring (bicyclic) bond motifs is 1. The minimum Gasteiger partial charge on any atom is -0.464 e. The SMILES string of the molecule is COC(=O)c1nc(C(C)C)n2c1NCCC2. The third kappa shape index (κ3) is 1.66. The lowest BCUT2D eigenvalue weighted by atomic mass is 10.2. The molecule has 1 N–H and O–H groups in total. The van der Waals surface area contributed by atoms with Crippen molar-refractivity contribution in [3.63, 3.8) is 0 Å². The van der Waals surface area contributed by atoms with Gasteiger partial charge in [-0.15, -0.1) is 0 Å². The van der Waals surface area contributed by atoms with Gasteiger partial charge in [-0.25, -0.2) is 9.78 Å². The number of hydrogen-bond donors (Lipinski definition) is 1. The topological polar surface area (TPSA) is 56.1 Å². The quantitative estimate of drug-likeness (QED) is 0.774. The first-order valence-corrected chi connectivity index (χ1v) is 5.57. The maximum absolute atomic E-state index is 11.6. The molecule has 0 saturated carbocycles. The van der Waals surface area contributed by atoms with Crippen molar-refractivity contribution in [3.05, 3.63) is 11.5 Å². The zero-order valence-electron chi connectivity index (χ0n) is 9.91. The van der Waals surface area contributed by atoms with E-state index in [2.05, 4.69) is 28.7 Å². The number of anilines is 1. The van der Waals surface area contributed by atoms with Gasteiger partial charge in [-0.05, 0) is 6.42 Å². The molecular weight excluding hydrogens is 206 g/mol. The smallest absolute Gasteiger partial charge is 0.360 e. The molecule has 5 heteroatoms. The van der Waals surface area contributed by atoms with Gasteiger partial charge >= 0.3 is 5.97 Å². The van der Waals surface area contributed by atoms with E-state index in [1.807, 2.05) is 0 Å². The zero-order chi connectivity index (χ0) is 11.7. The molecule has 0 aromatic carbocycles. The third-order valence-electron chi connectivity index (χ3n) is 2.74. The van der Waals surface area contributed by atoms with Crippen molar-refractivity contribution >= 4 is 11.8 Å². The standard InChI is InChI=1S/C11H17N3O2/c1-7(2)9-13-8(11(15)16-3)10-12-5-4-6-14(9)10/h7,12H,4-6H2,1-3H3. The van der Waals surface area contributed by atoms with Crippen LogP contribution in [0.3, 0.4) is 0 Å². The Morgan fingerprint density at radius 2 is 2.31 bits per heavy atom. The molecular formula is C11H17N3O2. The van der Waals surface area contributed by atoms with Crippen LogP contribution >= 0.6 is 0 Å². The molecule has 5 nitrogen and oxygen atoms in total. The van der Waals surface area contributed by atoms with E-state index >= 15 is 0 Å². The number of aromatic nitrogens is 2. The summed E-state index contributed by atoms with van der Waals surface area (Å²) in [4.78, 5) is 16.0. The summed E-state index contributed by atoms with van der Waals surface area (Å²) in [6.45, 7) is 5.95. The minimum absolute atomic E-state index is 0.303. The third-order valence-corrected chi connectivity index (χ3v) is 2.74. The van der Waals surface area contributed by atoms with Crippen LogP contribution in [0.1, 0.15) is 42.5 Å². The van der Waals surface area contributed by atoms with Crippen LogP contribution in [-0.2, 0) is 11.3 Å². The molecule has 1 aliphatic heterocycles. The highest BCUT2D eigenvalue weighted by Gasteiger charge is 2.25. The molecule has 1 aliphatic rings. The van der Waals surface area contributed by atoms with E-state index in [-0.39, 0.29) is 5.97 Å². The number of carbonyl (C=O) groups excluding carboxylic acids is 1. The van der Waals surface area contributed by atoms with Gasteiger partial charge < -0.3 is 14.6 Å². The second kappa shape index (κ2) is 4.15. The van der Waals surface area contributed by atoms with Crippen LogP contribution in [0.25, 0.3) is 0 Å². The molecule has 88 valence electrons. The van der Waals surface area contributed by atoms with E-state index < -0.39 is 0 Å². The highest BCUT2D eigenvalue weighted by Crippen LogP contribution is 2.26. The lowest BCUT2D eigenvalue weighted by molar-refractivity contribution is 0.0595. The molecule has 1 aromatic heterocycles. The van der Waals surface area contributed by atoms with E-state index in [1.54, 1.807) is 0 Å². The van der Waals surface area contributed by atoms with Gasteiger partial charge in [0.2, 0.25) is 0 Å². The van der Waals surface area contributed by atoms with Crippen molar-refractivity contribution < 1.29 is 9.53 Å². The first-order valence-electron chi connectivity index (χ1n) is 5.57. The van der Waals surface area contributed by atoms with E-state index in [4.69, 9.17) is 4.74 Å². The second-order valence-corrected chi connectivity index (χ2v) is 4.25. The van der Waals surface area contributed by atoms with Gasteiger partial charge in [0.15, 0.2) is 5.69 Å². The molecule has 2 rings (SSSR count). The number of esters is 1. The highest BCUT2D eigenvalue weighted by atomic mass is 16.5. The number of carbonyl (C=O) groups is 1. The van der Waals surface area contributed by atoms with Crippen molar-refractivity contribution in [2.24, 2.45) is 0 Å². The van der Waals surface area contributed by atoms with Crippen LogP contribution in [-0.4, -0.2) is 29.2 Å². The maximum Gasteiger partial charge on any atom is 0.360 e. The molecule has 0 saturated heterocycles. The normalized spacial score (nSPS) is 14.5. The maximum atomic E-state index is 11.6. The summed E-state index contributed by atoms with van der Waals surface area (Å²) in [6.07, 6.45) is 1.06. The van der Waals surface area contributed by atoms with Gasteiger partial charge in [-0.2, -0.15) is 0 Å². The molecule has 1 aromatic rings. The monoisotopic (exact) mass is 223 g/mol. The van der Waals surface area contributed by atoms with Crippen LogP contribution < -0.4 is 5.32 Å². The molecule has 16 heavy (non-hydrogen) atoms. The van der Waals surface area contributed by atoms with Crippen LogP contribution in [0.4, 0.5) is 5.82 Å². The van der Waals surface area contributed by atoms with Crippen LogP contribution in [0.15, 0.2) is 0 Å². The van der Waals surface area contributed by atoms with E-state index in [0.29, 0.717) is 11.6 Å². The summed E-state index contributed by atoms with van der Waals surface area (Å²) in [7, 11) is 1.38. The summed E-state index contributed by atoms with van der Waals surface area (Å²) < 4.78 is 6.82. The molecule has 0 bridgehead atoms. The Hall–Kier alpha value is -1.52. The van der Waals surface area contributed by atoms with Crippen molar-refractivity contribution in [2.75, 3.05) is 19.0 Å². The second-order valence-electron chi connectivity index (χ2n) is 4.25. The number of nitrogens with zero attached hydrogens (tertiary/aromatic N) is 2. The summed E-state index contributed by atoms with van der Waals surface area (Å²) in [5, 5.41) is 3.22. The fourth-order valence-electron chi connectivity index (χ4n) is 2.00. The van der Waals surface area contributed by atoms with E-state index in [9.17, 15) is 4.79 Å². The van der Waals surface area contributed by atoms with Gasteiger partial charge in [0.05, 0.1) is 7.11 Å². The summed E-state index contributed by atoms with van der Waals surface area (Å²) >= 11 is 0. The molecule has 0 aliphatic carbocycles. The molecule has 0 unspecified atom stereocenters. The predicted octanol–water partition coefficient (Wildman–Crippen LogP) is 1.61. The molecule has 0 atom stereocenters. The molecule has 2 heterocycles. The Morgan fingerprint density at radius 3 is 2.94 bits per heavy atom. The lowest BCUT2D eigenvalue weighted by Crippen LogP contribution is -2.20. The fraction of sp³-hybridized carbons (Fsp3) is 0.636. The number of rotatable bonds is 2. The van der Waals surface area contributed by atoms with Gasteiger partial charge in [0.1, 0.15) is 11.6 Å². The van der Waals surface area contributed by atoms with Gasteiger partial charge in [-0.3, -0.25) is 0 Å². The number of imidazole rings is 1. The highest BCUT2D eigenvalue weighted by molar-refractivity contribution is 5.93. The van der Waals surface area contributed by atoms with E-state index in [0.717, 1.165) is 31.2 Å². The molecule has 0 fully saturated rings. The first kappa shape index (κ1) is 11.0. The lowest BCUT2D eigenvalue weighted by Gasteiger charge is -2.19. The summed E-state index contributed by atoms with van der Waals surface area (Å²) in [5.41, 5.74) is 0.408. The molecule has 0 radical (unpaired) electrons. The molecule has 0 amide bonds. The van der Waals surface area contributed by atoms with Gasteiger partial charge in [0, 0.05) is 19.0 Å². The molecule has 0 spiro atoms. The minimum atomic E-state index is -0.370. The Bertz CT molecular complexity index is 410. The number of ether oxygens (including phenoxy) is 1. The van der Waals surface area contributed by atoms with Crippen molar-refractivity contribution in [1.29, 1.82) is 0 Å². The van der Waals surface area contributed by atoms with Gasteiger partial charge in [-0.1, -0.05) is 13.8 Å². The van der Waals surface area contributed by atoms with Gasteiger partial charge in [0.25, 0.3) is 0 Å². The summed E-state index contributed by atoms with van der Waals surface area (Å²) in [6, 6.07) is 0. The predicted molar refractivity (Wildman–Crippen MR) is 60.8 cm³/mol. The van der Waals surface area contributed by atoms with Crippen molar-refractivity contribution in [3.8, 4) is 0 Å². The van der Waals surface area contributed by atoms with Crippen molar-refractivity contribution in [2.45, 2.75) is 32.7 Å². The Labute approximate surface area is 94.8 Å². The average Bonchev–Trinajstić information content (AvgIpc) is 2.67. The van der Waals surface area contributed by atoms with Crippen LogP contribution in [0.2, 0.25) is 0 Å². The van der Waals surface area contributed by atoms with Crippen LogP contribution in [0, 0.1) is 0 Å².